The van der Waals surface area contributed by atoms with Gasteiger partial charge < -0.3 is 9.67 Å². The van der Waals surface area contributed by atoms with Gasteiger partial charge in [0.1, 0.15) is 0 Å². The normalized spacial score (nSPS) is 46.1. The molecule has 0 bridgehead atoms. The summed E-state index contributed by atoms with van der Waals surface area (Å²) in [6, 6.07) is 0. The number of aliphatic hydroxyl groups is 1. The average molecular weight is 367 g/mol. The SMILES string of the molecule is CC[C@H]1C=C2C[C@H](O)CC[C@]2(C)[C@H]2CC[C@]3(C)C(n4ccnc4)=CC[C@H]3[C@H]12. The second-order valence-electron chi connectivity index (χ2n) is 10.1. The van der Waals surface area contributed by atoms with Gasteiger partial charge in [0.25, 0.3) is 0 Å². The second-order valence-corrected chi connectivity index (χ2v) is 10.1. The van der Waals surface area contributed by atoms with E-state index in [-0.39, 0.29) is 11.5 Å². The van der Waals surface area contributed by atoms with Crippen molar-refractivity contribution in [3.8, 4) is 0 Å². The van der Waals surface area contributed by atoms with E-state index in [0.717, 1.165) is 30.6 Å². The number of imidazole rings is 1. The van der Waals surface area contributed by atoms with Crippen LogP contribution in [0.25, 0.3) is 5.70 Å². The molecule has 2 saturated carbocycles. The van der Waals surface area contributed by atoms with Crippen molar-refractivity contribution >= 4 is 5.70 Å². The molecule has 1 aromatic rings. The molecule has 1 N–H and O–H groups in total. The quantitative estimate of drug-likeness (QED) is 0.722. The summed E-state index contributed by atoms with van der Waals surface area (Å²) in [7, 11) is 0. The maximum absolute atomic E-state index is 10.3. The van der Waals surface area contributed by atoms with Crippen LogP contribution in [0.1, 0.15) is 65.7 Å². The Hall–Kier alpha value is -1.35. The number of hydrogen-bond donors (Lipinski definition) is 1. The highest BCUT2D eigenvalue weighted by atomic mass is 16.3. The highest BCUT2D eigenvalue weighted by molar-refractivity contribution is 5.57. The first-order valence-electron chi connectivity index (χ1n) is 11.1. The molecule has 2 fully saturated rings. The molecule has 0 saturated heterocycles. The van der Waals surface area contributed by atoms with Gasteiger partial charge in [-0.15, -0.1) is 0 Å². The minimum atomic E-state index is -0.117. The van der Waals surface area contributed by atoms with Crippen LogP contribution in [0.15, 0.2) is 36.4 Å². The molecule has 1 heterocycles. The fourth-order valence-electron chi connectivity index (χ4n) is 7.54. The second kappa shape index (κ2) is 6.07. The summed E-state index contributed by atoms with van der Waals surface area (Å²) in [5, 5.41) is 10.3. The maximum Gasteiger partial charge on any atom is 0.0989 e. The van der Waals surface area contributed by atoms with E-state index in [4.69, 9.17) is 0 Å². The standard InChI is InChI=1S/C24H34N2O/c1-4-16-13-17-14-18(27)7-9-23(17,2)20-8-10-24(3)19(22(16)20)5-6-21(24)26-12-11-25-15-26/h6,11-13,15-16,18-20,22,27H,4-5,7-10,14H2,1-3H3/t16-,18+,19-,20-,22-,23-,24-/m0/s1. The van der Waals surface area contributed by atoms with E-state index in [0.29, 0.717) is 11.3 Å². The van der Waals surface area contributed by atoms with Crippen molar-refractivity contribution in [2.45, 2.75) is 71.8 Å². The first kappa shape index (κ1) is 17.7. The van der Waals surface area contributed by atoms with Gasteiger partial charge >= 0.3 is 0 Å². The van der Waals surface area contributed by atoms with Crippen LogP contribution >= 0.6 is 0 Å². The van der Waals surface area contributed by atoms with E-state index in [9.17, 15) is 5.11 Å². The highest BCUT2D eigenvalue weighted by Gasteiger charge is 2.58. The molecule has 7 atom stereocenters. The van der Waals surface area contributed by atoms with Crippen molar-refractivity contribution in [2.24, 2.45) is 34.5 Å². The lowest BCUT2D eigenvalue weighted by molar-refractivity contribution is -0.0475. The van der Waals surface area contributed by atoms with Crippen molar-refractivity contribution in [2.75, 3.05) is 0 Å². The molecule has 0 aromatic carbocycles. The summed E-state index contributed by atoms with van der Waals surface area (Å²) in [5.74, 6) is 2.96. The Bertz CT molecular complexity index is 778. The van der Waals surface area contributed by atoms with Gasteiger partial charge in [0.05, 0.1) is 12.4 Å². The molecule has 3 nitrogen and oxygen atoms in total. The number of rotatable bonds is 2. The first-order chi connectivity index (χ1) is 13.0. The third-order valence-corrected chi connectivity index (χ3v) is 9.04. The zero-order valence-corrected chi connectivity index (χ0v) is 17.1. The van der Waals surface area contributed by atoms with Gasteiger partial charge in [-0.05, 0) is 74.0 Å². The van der Waals surface area contributed by atoms with Crippen molar-refractivity contribution in [1.82, 2.24) is 9.55 Å². The molecule has 4 aliphatic carbocycles. The van der Waals surface area contributed by atoms with Crippen molar-refractivity contribution in [1.29, 1.82) is 0 Å². The van der Waals surface area contributed by atoms with Gasteiger partial charge in [-0.3, -0.25) is 0 Å². The Morgan fingerprint density at radius 3 is 2.74 bits per heavy atom. The molecule has 4 aliphatic rings. The number of hydrogen-bond acceptors (Lipinski definition) is 2. The van der Waals surface area contributed by atoms with Gasteiger partial charge in [0, 0.05) is 23.5 Å². The number of nitrogens with zero attached hydrogens (tertiary/aromatic N) is 2. The molecule has 1 aromatic heterocycles. The summed E-state index contributed by atoms with van der Waals surface area (Å²) in [6.07, 6.45) is 19.1. The number of allylic oxidation sites excluding steroid dienone is 3. The van der Waals surface area contributed by atoms with Crippen molar-refractivity contribution < 1.29 is 5.11 Å². The molecule has 0 unspecified atom stereocenters. The van der Waals surface area contributed by atoms with Gasteiger partial charge in [0.15, 0.2) is 0 Å². The predicted molar refractivity (Wildman–Crippen MR) is 109 cm³/mol. The minimum Gasteiger partial charge on any atom is -0.393 e. The third kappa shape index (κ3) is 2.40. The Kier molecular flexibility index (Phi) is 3.99. The number of aromatic nitrogens is 2. The van der Waals surface area contributed by atoms with Gasteiger partial charge in [-0.1, -0.05) is 38.5 Å². The molecule has 3 heteroatoms. The van der Waals surface area contributed by atoms with Crippen LogP contribution in [0.4, 0.5) is 0 Å². The predicted octanol–water partition coefficient (Wildman–Crippen LogP) is 5.29. The van der Waals surface area contributed by atoms with Gasteiger partial charge in [-0.25, -0.2) is 4.98 Å². The zero-order valence-electron chi connectivity index (χ0n) is 17.1. The highest BCUT2D eigenvalue weighted by Crippen LogP contribution is 2.67. The number of fused-ring (bicyclic) bond motifs is 5. The molecule has 0 spiro atoms. The first-order valence-corrected chi connectivity index (χ1v) is 11.1. The minimum absolute atomic E-state index is 0.117. The van der Waals surface area contributed by atoms with Gasteiger partial charge in [0.2, 0.25) is 0 Å². The lowest BCUT2D eigenvalue weighted by Gasteiger charge is -2.59. The van der Waals surface area contributed by atoms with E-state index in [1.807, 2.05) is 12.5 Å². The lowest BCUT2D eigenvalue weighted by atomic mass is 9.45. The van der Waals surface area contributed by atoms with Crippen LogP contribution in [-0.4, -0.2) is 20.8 Å². The summed E-state index contributed by atoms with van der Waals surface area (Å²) in [5.41, 5.74) is 3.65. The van der Waals surface area contributed by atoms with Crippen LogP contribution in [0.5, 0.6) is 0 Å². The Balaban J connectivity index is 1.54. The maximum atomic E-state index is 10.3. The van der Waals surface area contributed by atoms with Crippen LogP contribution in [0, 0.1) is 34.5 Å². The van der Waals surface area contributed by atoms with E-state index < -0.39 is 0 Å². The van der Waals surface area contributed by atoms with E-state index >= 15 is 0 Å². The van der Waals surface area contributed by atoms with E-state index in [2.05, 4.69) is 48.7 Å². The average Bonchev–Trinajstić information content (AvgIpc) is 3.28. The molecule has 5 rings (SSSR count). The Labute approximate surface area is 163 Å². The fraction of sp³-hybridized carbons (Fsp3) is 0.708. The summed E-state index contributed by atoms with van der Waals surface area (Å²) in [4.78, 5) is 4.31. The molecular weight excluding hydrogens is 332 g/mol. The topological polar surface area (TPSA) is 38.0 Å². The number of aliphatic hydroxyl groups excluding tert-OH is 1. The molecule has 0 amide bonds. The monoisotopic (exact) mass is 366 g/mol. The van der Waals surface area contributed by atoms with Crippen LogP contribution in [0.3, 0.4) is 0 Å². The molecule has 0 aliphatic heterocycles. The van der Waals surface area contributed by atoms with Crippen molar-refractivity contribution in [3.63, 3.8) is 0 Å². The molecule has 146 valence electrons. The fourth-order valence-corrected chi connectivity index (χ4v) is 7.54. The van der Waals surface area contributed by atoms with Gasteiger partial charge in [-0.2, -0.15) is 0 Å². The third-order valence-electron chi connectivity index (χ3n) is 9.04. The Morgan fingerprint density at radius 2 is 2.00 bits per heavy atom. The van der Waals surface area contributed by atoms with Crippen LogP contribution < -0.4 is 0 Å². The van der Waals surface area contributed by atoms with Crippen molar-refractivity contribution in [3.05, 3.63) is 36.4 Å². The van der Waals surface area contributed by atoms with Crippen LogP contribution in [0.2, 0.25) is 0 Å². The van der Waals surface area contributed by atoms with E-state index in [1.165, 1.54) is 37.8 Å². The summed E-state index contributed by atoms with van der Waals surface area (Å²) in [6.45, 7) is 7.41. The smallest absolute Gasteiger partial charge is 0.0989 e. The zero-order chi connectivity index (χ0) is 18.8. The molecular formula is C24H34N2O. The molecule has 0 radical (unpaired) electrons. The lowest BCUT2D eigenvalue weighted by Crippen LogP contribution is -2.52. The summed E-state index contributed by atoms with van der Waals surface area (Å²) >= 11 is 0. The summed E-state index contributed by atoms with van der Waals surface area (Å²) < 4.78 is 2.27. The van der Waals surface area contributed by atoms with Crippen LogP contribution in [-0.2, 0) is 0 Å². The van der Waals surface area contributed by atoms with E-state index in [1.54, 1.807) is 5.57 Å². The molecule has 27 heavy (non-hydrogen) atoms. The largest absolute Gasteiger partial charge is 0.393 e. The Morgan fingerprint density at radius 1 is 1.19 bits per heavy atom.